The fourth-order valence-corrected chi connectivity index (χ4v) is 5.87. The summed E-state index contributed by atoms with van der Waals surface area (Å²) in [4.78, 5) is 14.7. The van der Waals surface area contributed by atoms with Crippen molar-refractivity contribution in [3.8, 4) is 5.69 Å². The molecule has 0 unspecified atom stereocenters. The van der Waals surface area contributed by atoms with Crippen molar-refractivity contribution in [3.63, 3.8) is 0 Å². The van der Waals surface area contributed by atoms with Crippen LogP contribution in [0.5, 0.6) is 0 Å². The number of nitrogens with one attached hydrogen (secondary N) is 1. The monoisotopic (exact) mass is 448 g/mol. The number of para-hydroxylation sites is 1. The molecule has 1 aliphatic rings. The highest BCUT2D eigenvalue weighted by molar-refractivity contribution is 7.91. The second-order valence-corrected chi connectivity index (χ2v) is 10.0. The highest BCUT2D eigenvalue weighted by Gasteiger charge is 2.29. The highest BCUT2D eigenvalue weighted by Crippen LogP contribution is 2.22. The molecule has 7 nitrogen and oxygen atoms in total. The molecule has 0 aliphatic carbocycles. The summed E-state index contributed by atoms with van der Waals surface area (Å²) in [5.74, 6) is -0.601. The number of amides is 1. The largest absolute Gasteiger partial charge is 0.338 e. The summed E-state index contributed by atoms with van der Waals surface area (Å²) in [6.45, 7) is 2.59. The van der Waals surface area contributed by atoms with Crippen LogP contribution in [0, 0.1) is 12.7 Å². The van der Waals surface area contributed by atoms with Crippen molar-refractivity contribution in [2.75, 3.05) is 13.1 Å². The van der Waals surface area contributed by atoms with Crippen molar-refractivity contribution >= 4 is 27.3 Å². The first-order chi connectivity index (χ1) is 14.4. The molecular formula is C20H21FN4O3S2. The SMILES string of the molecule is Cc1c(C(=O)N2CCC(NS(=O)(=O)c3cccs3)CC2)cnn1-c1ccccc1F. The molecule has 1 saturated heterocycles. The minimum absolute atomic E-state index is 0.186. The third-order valence-corrected chi connectivity index (χ3v) is 8.10. The minimum atomic E-state index is -3.53. The van der Waals surface area contributed by atoms with E-state index in [4.69, 9.17) is 0 Å². The normalized spacial score (nSPS) is 15.5. The number of thiophene rings is 1. The van der Waals surface area contributed by atoms with Gasteiger partial charge in [-0.05, 0) is 43.3 Å². The number of halogens is 1. The molecular weight excluding hydrogens is 427 g/mol. The summed E-state index contributed by atoms with van der Waals surface area (Å²) >= 11 is 1.17. The molecule has 3 heterocycles. The Kier molecular flexibility index (Phi) is 5.72. The third kappa shape index (κ3) is 4.03. The van der Waals surface area contributed by atoms with Crippen LogP contribution in [0.2, 0.25) is 0 Å². The first-order valence-electron chi connectivity index (χ1n) is 9.51. The highest BCUT2D eigenvalue weighted by atomic mass is 32.2. The van der Waals surface area contributed by atoms with Crippen molar-refractivity contribution < 1.29 is 17.6 Å². The average molecular weight is 449 g/mol. The molecule has 2 aromatic heterocycles. The molecule has 10 heteroatoms. The molecule has 1 aromatic carbocycles. The van der Waals surface area contributed by atoms with E-state index in [9.17, 15) is 17.6 Å². The van der Waals surface area contributed by atoms with Crippen LogP contribution in [-0.4, -0.2) is 48.1 Å². The van der Waals surface area contributed by atoms with E-state index in [0.717, 1.165) is 0 Å². The zero-order chi connectivity index (χ0) is 21.3. The number of likely N-dealkylation sites (tertiary alicyclic amines) is 1. The molecule has 3 aromatic rings. The smallest absolute Gasteiger partial charge is 0.257 e. The second-order valence-electron chi connectivity index (χ2n) is 7.13. The molecule has 158 valence electrons. The van der Waals surface area contributed by atoms with Crippen molar-refractivity contribution in [3.05, 3.63) is 65.0 Å². The summed E-state index contributed by atoms with van der Waals surface area (Å²) in [5.41, 5.74) is 1.26. The second kappa shape index (κ2) is 8.29. The number of nitrogens with zero attached hydrogens (tertiary/aromatic N) is 3. The van der Waals surface area contributed by atoms with Gasteiger partial charge < -0.3 is 4.90 Å². The van der Waals surface area contributed by atoms with Gasteiger partial charge in [0.25, 0.3) is 5.91 Å². The van der Waals surface area contributed by atoms with Gasteiger partial charge >= 0.3 is 0 Å². The van der Waals surface area contributed by atoms with Crippen molar-refractivity contribution in [1.82, 2.24) is 19.4 Å². The van der Waals surface area contributed by atoms with Crippen molar-refractivity contribution in [1.29, 1.82) is 0 Å². The zero-order valence-corrected chi connectivity index (χ0v) is 17.9. The Morgan fingerprint density at radius 2 is 1.93 bits per heavy atom. The van der Waals surface area contributed by atoms with E-state index in [0.29, 0.717) is 37.2 Å². The maximum absolute atomic E-state index is 14.1. The number of hydrogen-bond donors (Lipinski definition) is 1. The van der Waals surface area contributed by atoms with Gasteiger partial charge in [0.15, 0.2) is 0 Å². The number of piperidine rings is 1. The first-order valence-corrected chi connectivity index (χ1v) is 11.9. The van der Waals surface area contributed by atoms with Gasteiger partial charge in [0.2, 0.25) is 10.0 Å². The molecule has 0 atom stereocenters. The number of sulfonamides is 1. The van der Waals surface area contributed by atoms with Gasteiger partial charge in [0, 0.05) is 19.1 Å². The van der Waals surface area contributed by atoms with E-state index in [-0.39, 0.29) is 21.8 Å². The molecule has 0 bridgehead atoms. The van der Waals surface area contributed by atoms with Crippen LogP contribution in [0.3, 0.4) is 0 Å². The number of carbonyl (C=O) groups excluding carboxylic acids is 1. The molecule has 0 saturated carbocycles. The molecule has 0 radical (unpaired) electrons. The van der Waals surface area contributed by atoms with Crippen LogP contribution >= 0.6 is 11.3 Å². The summed E-state index contributed by atoms with van der Waals surface area (Å²) in [5, 5.41) is 5.92. The van der Waals surface area contributed by atoms with E-state index in [2.05, 4.69) is 9.82 Å². The molecule has 0 spiro atoms. The maximum atomic E-state index is 14.1. The Hall–Kier alpha value is -2.56. The van der Waals surface area contributed by atoms with Crippen molar-refractivity contribution in [2.24, 2.45) is 0 Å². The first kappa shape index (κ1) is 20.7. The lowest BCUT2D eigenvalue weighted by Gasteiger charge is -2.32. The third-order valence-electron chi connectivity index (χ3n) is 5.18. The predicted octanol–water partition coefficient (Wildman–Crippen LogP) is 2.96. The van der Waals surface area contributed by atoms with Crippen LogP contribution in [0.15, 0.2) is 52.2 Å². The van der Waals surface area contributed by atoms with E-state index in [1.807, 2.05) is 0 Å². The fraction of sp³-hybridized carbons (Fsp3) is 0.300. The van der Waals surface area contributed by atoms with E-state index < -0.39 is 15.8 Å². The number of rotatable bonds is 5. The Morgan fingerprint density at radius 3 is 2.60 bits per heavy atom. The zero-order valence-electron chi connectivity index (χ0n) is 16.3. The number of benzene rings is 1. The molecule has 1 amide bonds. The maximum Gasteiger partial charge on any atom is 0.257 e. The molecule has 1 N–H and O–H groups in total. The van der Waals surface area contributed by atoms with Crippen molar-refractivity contribution in [2.45, 2.75) is 30.0 Å². The van der Waals surface area contributed by atoms with Crippen LogP contribution < -0.4 is 4.72 Å². The fourth-order valence-electron chi connectivity index (χ4n) is 3.55. The minimum Gasteiger partial charge on any atom is -0.338 e. The van der Waals surface area contributed by atoms with Crippen LogP contribution in [0.4, 0.5) is 4.39 Å². The lowest BCUT2D eigenvalue weighted by atomic mass is 10.1. The summed E-state index contributed by atoms with van der Waals surface area (Å²) in [6, 6.07) is 9.31. The summed E-state index contributed by atoms with van der Waals surface area (Å²) in [7, 11) is -3.53. The summed E-state index contributed by atoms with van der Waals surface area (Å²) < 4.78 is 43.3. The van der Waals surface area contributed by atoms with E-state index in [1.54, 1.807) is 47.5 Å². The number of carbonyl (C=O) groups is 1. The standard InChI is InChI=1S/C20H21FN4O3S2/c1-14-16(13-22-25(14)18-6-3-2-5-17(18)21)20(26)24-10-8-15(9-11-24)23-30(27,28)19-7-4-12-29-19/h2-7,12-13,15,23H,8-11H2,1H3. The predicted molar refractivity (Wildman–Crippen MR) is 112 cm³/mol. The van der Waals surface area contributed by atoms with Gasteiger partial charge in [-0.3, -0.25) is 4.79 Å². The van der Waals surface area contributed by atoms with E-state index in [1.165, 1.54) is 28.3 Å². The van der Waals surface area contributed by atoms with Crippen LogP contribution in [0.25, 0.3) is 5.69 Å². The van der Waals surface area contributed by atoms with Crippen LogP contribution in [0.1, 0.15) is 28.9 Å². The Bertz CT molecular complexity index is 1150. The summed E-state index contributed by atoms with van der Waals surface area (Å²) in [6.07, 6.45) is 2.50. The molecule has 1 fully saturated rings. The lowest BCUT2D eigenvalue weighted by molar-refractivity contribution is 0.0710. The van der Waals surface area contributed by atoms with Gasteiger partial charge in [-0.1, -0.05) is 18.2 Å². The average Bonchev–Trinajstić information content (AvgIpc) is 3.39. The van der Waals surface area contributed by atoms with Gasteiger partial charge in [0.1, 0.15) is 15.7 Å². The van der Waals surface area contributed by atoms with Crippen LogP contribution in [-0.2, 0) is 10.0 Å². The Balaban J connectivity index is 1.42. The van der Waals surface area contributed by atoms with Gasteiger partial charge in [-0.2, -0.15) is 5.10 Å². The Labute approximate surface area is 178 Å². The van der Waals surface area contributed by atoms with E-state index >= 15 is 0 Å². The van der Waals surface area contributed by atoms with Gasteiger partial charge in [-0.15, -0.1) is 11.3 Å². The Morgan fingerprint density at radius 1 is 1.20 bits per heavy atom. The lowest BCUT2D eigenvalue weighted by Crippen LogP contribution is -2.46. The molecule has 30 heavy (non-hydrogen) atoms. The topological polar surface area (TPSA) is 84.3 Å². The molecule has 1 aliphatic heterocycles. The number of hydrogen-bond acceptors (Lipinski definition) is 5. The van der Waals surface area contributed by atoms with Gasteiger partial charge in [-0.25, -0.2) is 22.2 Å². The quantitative estimate of drug-likeness (QED) is 0.650. The molecule has 4 rings (SSSR count). The van der Waals surface area contributed by atoms with Gasteiger partial charge in [0.05, 0.1) is 17.5 Å². The number of aromatic nitrogens is 2.